The predicted octanol–water partition coefficient (Wildman–Crippen LogP) is 2.66. The van der Waals surface area contributed by atoms with Gasteiger partial charge in [0.1, 0.15) is 16.9 Å². The third kappa shape index (κ3) is 1.95. The van der Waals surface area contributed by atoms with Crippen molar-refractivity contribution in [2.75, 3.05) is 13.1 Å². The van der Waals surface area contributed by atoms with Crippen LogP contribution in [0.2, 0.25) is 5.02 Å². The molecular formula is C13H14ClNO2. The van der Waals surface area contributed by atoms with E-state index in [9.17, 15) is 5.11 Å². The van der Waals surface area contributed by atoms with Crippen molar-refractivity contribution < 1.29 is 9.52 Å². The normalized spacial score (nSPS) is 25.3. The van der Waals surface area contributed by atoms with Crippen LogP contribution in [0.4, 0.5) is 0 Å². The van der Waals surface area contributed by atoms with E-state index >= 15 is 0 Å². The zero-order valence-electron chi connectivity index (χ0n) is 9.37. The number of nitrogens with one attached hydrogen (secondary N) is 1. The van der Waals surface area contributed by atoms with Crippen LogP contribution in [0.3, 0.4) is 0 Å². The highest BCUT2D eigenvalue weighted by Crippen LogP contribution is 2.33. The largest absolute Gasteiger partial charge is 0.458 e. The molecule has 1 fully saturated rings. The van der Waals surface area contributed by atoms with Crippen molar-refractivity contribution in [2.45, 2.75) is 18.4 Å². The minimum Gasteiger partial charge on any atom is -0.458 e. The van der Waals surface area contributed by atoms with Crippen LogP contribution in [0.15, 0.2) is 28.7 Å². The zero-order chi connectivity index (χ0) is 11.9. The van der Waals surface area contributed by atoms with Gasteiger partial charge in [-0.05, 0) is 43.7 Å². The van der Waals surface area contributed by atoms with Crippen molar-refractivity contribution in [3.63, 3.8) is 0 Å². The van der Waals surface area contributed by atoms with E-state index in [4.69, 9.17) is 16.0 Å². The number of aliphatic hydroxyl groups is 1. The monoisotopic (exact) mass is 251 g/mol. The molecule has 2 aromatic rings. The van der Waals surface area contributed by atoms with Gasteiger partial charge in [-0.3, -0.25) is 0 Å². The van der Waals surface area contributed by atoms with Crippen LogP contribution >= 0.6 is 11.6 Å². The summed E-state index contributed by atoms with van der Waals surface area (Å²) in [5, 5.41) is 15.3. The molecule has 1 aromatic heterocycles. The molecule has 1 aromatic carbocycles. The summed E-state index contributed by atoms with van der Waals surface area (Å²) >= 11 is 5.93. The van der Waals surface area contributed by atoms with E-state index in [1.807, 2.05) is 18.2 Å². The van der Waals surface area contributed by atoms with Gasteiger partial charge in [-0.25, -0.2) is 0 Å². The van der Waals surface area contributed by atoms with Crippen molar-refractivity contribution in [2.24, 2.45) is 0 Å². The third-order valence-corrected chi connectivity index (χ3v) is 3.53. The van der Waals surface area contributed by atoms with Gasteiger partial charge in [0, 0.05) is 17.0 Å². The van der Waals surface area contributed by atoms with Crippen LogP contribution in [-0.2, 0) is 5.60 Å². The molecule has 1 atom stereocenters. The van der Waals surface area contributed by atoms with Crippen LogP contribution in [0.1, 0.15) is 18.6 Å². The van der Waals surface area contributed by atoms with Gasteiger partial charge in [0.2, 0.25) is 0 Å². The Hall–Kier alpha value is -1.03. The second kappa shape index (κ2) is 4.02. The molecule has 0 spiro atoms. The molecular weight excluding hydrogens is 238 g/mol. The van der Waals surface area contributed by atoms with E-state index in [-0.39, 0.29) is 0 Å². The zero-order valence-corrected chi connectivity index (χ0v) is 10.1. The minimum absolute atomic E-state index is 0.542. The lowest BCUT2D eigenvalue weighted by Crippen LogP contribution is -2.42. The van der Waals surface area contributed by atoms with Crippen LogP contribution in [0.5, 0.6) is 0 Å². The van der Waals surface area contributed by atoms with Gasteiger partial charge in [-0.2, -0.15) is 0 Å². The molecule has 0 aliphatic carbocycles. The summed E-state index contributed by atoms with van der Waals surface area (Å²) in [6, 6.07) is 7.36. The molecule has 1 saturated heterocycles. The van der Waals surface area contributed by atoms with E-state index < -0.39 is 5.60 Å². The summed E-state index contributed by atoms with van der Waals surface area (Å²) in [5.41, 5.74) is -0.118. The topological polar surface area (TPSA) is 45.4 Å². The Bertz CT molecular complexity index is 543. The first kappa shape index (κ1) is 11.1. The Morgan fingerprint density at radius 3 is 3.00 bits per heavy atom. The molecule has 4 heteroatoms. The van der Waals surface area contributed by atoms with Gasteiger partial charge in [0.15, 0.2) is 0 Å². The fraction of sp³-hybridized carbons (Fsp3) is 0.385. The fourth-order valence-electron chi connectivity index (χ4n) is 2.34. The molecule has 0 saturated carbocycles. The van der Waals surface area contributed by atoms with Crippen molar-refractivity contribution >= 4 is 22.6 Å². The van der Waals surface area contributed by atoms with Crippen LogP contribution in [-0.4, -0.2) is 18.2 Å². The van der Waals surface area contributed by atoms with Gasteiger partial charge in [0.25, 0.3) is 0 Å². The average Bonchev–Trinajstić information content (AvgIpc) is 2.73. The molecule has 0 amide bonds. The maximum absolute atomic E-state index is 10.5. The maximum atomic E-state index is 10.5. The van der Waals surface area contributed by atoms with Gasteiger partial charge < -0.3 is 14.8 Å². The highest BCUT2D eigenvalue weighted by molar-refractivity contribution is 6.31. The lowest BCUT2D eigenvalue weighted by molar-refractivity contribution is -0.00612. The second-order valence-electron chi connectivity index (χ2n) is 4.60. The molecule has 0 bridgehead atoms. The fourth-order valence-corrected chi connectivity index (χ4v) is 2.52. The molecule has 0 radical (unpaired) electrons. The summed E-state index contributed by atoms with van der Waals surface area (Å²) < 4.78 is 5.72. The first-order valence-corrected chi connectivity index (χ1v) is 6.18. The van der Waals surface area contributed by atoms with E-state index in [0.29, 0.717) is 17.3 Å². The van der Waals surface area contributed by atoms with E-state index in [1.165, 1.54) is 0 Å². The van der Waals surface area contributed by atoms with Crippen molar-refractivity contribution in [3.05, 3.63) is 35.0 Å². The Kier molecular flexibility index (Phi) is 2.62. The number of piperidine rings is 1. The number of benzene rings is 1. The summed E-state index contributed by atoms with van der Waals surface area (Å²) in [4.78, 5) is 0. The molecule has 1 unspecified atom stereocenters. The number of fused-ring (bicyclic) bond motifs is 1. The van der Waals surface area contributed by atoms with Crippen LogP contribution in [0, 0.1) is 0 Å². The smallest absolute Gasteiger partial charge is 0.138 e. The highest BCUT2D eigenvalue weighted by Gasteiger charge is 2.34. The molecule has 3 rings (SSSR count). The van der Waals surface area contributed by atoms with E-state index in [1.54, 1.807) is 6.07 Å². The molecule has 2 heterocycles. The van der Waals surface area contributed by atoms with Gasteiger partial charge >= 0.3 is 0 Å². The first-order valence-electron chi connectivity index (χ1n) is 5.80. The highest BCUT2D eigenvalue weighted by atomic mass is 35.5. The summed E-state index contributed by atoms with van der Waals surface area (Å²) in [5.74, 6) is 0.627. The third-order valence-electron chi connectivity index (χ3n) is 3.30. The standard InChI is InChI=1S/C13H14ClNO2/c14-10-2-3-11-9(6-10)7-12(17-11)13(16)4-1-5-15-8-13/h2-3,6-7,15-16H,1,4-5,8H2. The van der Waals surface area contributed by atoms with Gasteiger partial charge in [0.05, 0.1) is 0 Å². The average molecular weight is 252 g/mol. The number of rotatable bonds is 1. The number of hydrogen-bond donors (Lipinski definition) is 2. The van der Waals surface area contributed by atoms with Crippen molar-refractivity contribution in [3.8, 4) is 0 Å². The Labute approximate surface area is 104 Å². The van der Waals surface area contributed by atoms with Gasteiger partial charge in [-0.15, -0.1) is 0 Å². The molecule has 1 aliphatic rings. The molecule has 2 N–H and O–H groups in total. The molecule has 1 aliphatic heterocycles. The Balaban J connectivity index is 2.05. The number of furan rings is 1. The lowest BCUT2D eigenvalue weighted by atomic mass is 9.91. The number of halogens is 1. The summed E-state index contributed by atoms with van der Waals surface area (Å²) in [6.07, 6.45) is 1.68. The van der Waals surface area contributed by atoms with E-state index in [0.717, 1.165) is 30.4 Å². The Morgan fingerprint density at radius 1 is 1.35 bits per heavy atom. The minimum atomic E-state index is -0.885. The number of β-amino-alcohol motifs (C(OH)–C–C–N with tert-alkyl or cyclic N) is 1. The maximum Gasteiger partial charge on any atom is 0.138 e. The number of hydrogen-bond acceptors (Lipinski definition) is 3. The van der Waals surface area contributed by atoms with Crippen molar-refractivity contribution in [1.29, 1.82) is 0 Å². The second-order valence-corrected chi connectivity index (χ2v) is 5.04. The first-order chi connectivity index (χ1) is 8.17. The molecule has 3 nitrogen and oxygen atoms in total. The van der Waals surface area contributed by atoms with E-state index in [2.05, 4.69) is 5.32 Å². The van der Waals surface area contributed by atoms with Crippen molar-refractivity contribution in [1.82, 2.24) is 5.32 Å². The SMILES string of the molecule is OC1(c2cc3cc(Cl)ccc3o2)CCCNC1. The van der Waals surface area contributed by atoms with Crippen LogP contribution < -0.4 is 5.32 Å². The van der Waals surface area contributed by atoms with Gasteiger partial charge in [-0.1, -0.05) is 11.6 Å². The van der Waals surface area contributed by atoms with Crippen LogP contribution in [0.25, 0.3) is 11.0 Å². The summed E-state index contributed by atoms with van der Waals surface area (Å²) in [6.45, 7) is 1.49. The molecule has 90 valence electrons. The lowest BCUT2D eigenvalue weighted by Gasteiger charge is -2.30. The quantitative estimate of drug-likeness (QED) is 0.819. The molecule has 17 heavy (non-hydrogen) atoms. The summed E-state index contributed by atoms with van der Waals surface area (Å²) in [7, 11) is 0. The Morgan fingerprint density at radius 2 is 2.24 bits per heavy atom. The predicted molar refractivity (Wildman–Crippen MR) is 67.2 cm³/mol.